The van der Waals surface area contributed by atoms with E-state index in [-0.39, 0.29) is 11.7 Å². The first-order chi connectivity index (χ1) is 15.1. The molecule has 1 heterocycles. The van der Waals surface area contributed by atoms with Crippen molar-refractivity contribution in [3.63, 3.8) is 0 Å². The van der Waals surface area contributed by atoms with Crippen LogP contribution < -0.4 is 19.7 Å². The Labute approximate surface area is 184 Å². The van der Waals surface area contributed by atoms with Gasteiger partial charge in [0.2, 0.25) is 5.91 Å². The van der Waals surface area contributed by atoms with Gasteiger partial charge in [-0.15, -0.1) is 0 Å². The van der Waals surface area contributed by atoms with E-state index in [1.165, 1.54) is 0 Å². The lowest BCUT2D eigenvalue weighted by atomic mass is 10.0. The molecule has 1 amide bonds. The molecule has 0 aliphatic carbocycles. The fourth-order valence-corrected chi connectivity index (χ4v) is 3.78. The highest BCUT2D eigenvalue weighted by Crippen LogP contribution is 2.29. The molecule has 0 radical (unpaired) electrons. The first-order valence-electron chi connectivity index (χ1n) is 11.1. The number of nitrogens with zero attached hydrogens (tertiary/aromatic N) is 1. The van der Waals surface area contributed by atoms with Crippen LogP contribution in [0.3, 0.4) is 0 Å². The fraction of sp³-hybridized carbons (Fsp3) is 0.440. The van der Waals surface area contributed by atoms with E-state index in [1.54, 1.807) is 11.8 Å². The number of fused-ring (bicyclic) bond motifs is 1. The van der Waals surface area contributed by atoms with E-state index in [0.717, 1.165) is 60.7 Å². The molecule has 2 aromatic carbocycles. The average Bonchev–Trinajstić information content (AvgIpc) is 3.20. The maximum absolute atomic E-state index is 12.5. The number of ketones is 1. The minimum absolute atomic E-state index is 0.0502. The number of ether oxygens (including phenoxy) is 2. The van der Waals surface area contributed by atoms with Crippen molar-refractivity contribution in [2.24, 2.45) is 0 Å². The summed E-state index contributed by atoms with van der Waals surface area (Å²) in [6, 6.07) is 13.4. The summed E-state index contributed by atoms with van der Waals surface area (Å²) >= 11 is 0. The molecule has 0 saturated heterocycles. The van der Waals surface area contributed by atoms with E-state index >= 15 is 0 Å². The summed E-state index contributed by atoms with van der Waals surface area (Å²) in [7, 11) is 0. The second-order valence-corrected chi connectivity index (χ2v) is 7.62. The number of rotatable bonds is 12. The van der Waals surface area contributed by atoms with Crippen molar-refractivity contribution in [2.45, 2.75) is 39.5 Å². The zero-order valence-corrected chi connectivity index (χ0v) is 18.5. The molecule has 0 bridgehead atoms. The molecule has 1 aliphatic rings. The van der Waals surface area contributed by atoms with E-state index in [1.807, 2.05) is 49.4 Å². The molecule has 166 valence electrons. The van der Waals surface area contributed by atoms with Crippen LogP contribution in [-0.2, 0) is 11.2 Å². The van der Waals surface area contributed by atoms with E-state index in [4.69, 9.17) is 9.47 Å². The minimum atomic E-state index is 0.0502. The first kappa shape index (κ1) is 22.8. The van der Waals surface area contributed by atoms with E-state index in [0.29, 0.717) is 26.2 Å². The minimum Gasteiger partial charge on any atom is -0.490 e. The van der Waals surface area contributed by atoms with Crippen LogP contribution in [0.5, 0.6) is 11.5 Å². The summed E-state index contributed by atoms with van der Waals surface area (Å²) in [6.45, 7) is 7.00. The maximum Gasteiger partial charge on any atom is 0.223 e. The molecule has 6 heteroatoms. The van der Waals surface area contributed by atoms with Crippen molar-refractivity contribution in [1.82, 2.24) is 5.32 Å². The number of anilines is 1. The number of amides is 1. The summed E-state index contributed by atoms with van der Waals surface area (Å²) < 4.78 is 11.3. The van der Waals surface area contributed by atoms with Gasteiger partial charge in [-0.3, -0.25) is 9.59 Å². The lowest BCUT2D eigenvalue weighted by Gasteiger charge is -2.14. The average molecular weight is 425 g/mol. The number of hydrogen-bond acceptors (Lipinski definition) is 5. The number of hydrogen-bond donors (Lipinski definition) is 1. The zero-order valence-electron chi connectivity index (χ0n) is 18.5. The highest BCUT2D eigenvalue weighted by atomic mass is 16.5. The molecule has 2 aromatic rings. The molecule has 3 rings (SSSR count). The van der Waals surface area contributed by atoms with Gasteiger partial charge in [0, 0.05) is 37.7 Å². The third-order valence-corrected chi connectivity index (χ3v) is 5.37. The van der Waals surface area contributed by atoms with Crippen molar-refractivity contribution in [1.29, 1.82) is 0 Å². The highest BCUT2D eigenvalue weighted by molar-refractivity contribution is 5.98. The number of nitrogens with one attached hydrogen (secondary N) is 1. The van der Waals surface area contributed by atoms with Crippen LogP contribution in [-0.4, -0.2) is 44.5 Å². The monoisotopic (exact) mass is 424 g/mol. The number of para-hydroxylation sites is 2. The normalized spacial score (nSPS) is 12.5. The largest absolute Gasteiger partial charge is 0.490 e. The van der Waals surface area contributed by atoms with E-state index in [2.05, 4.69) is 5.32 Å². The summed E-state index contributed by atoms with van der Waals surface area (Å²) in [5, 5.41) is 3.36. The number of Topliss-reactive ketones (excluding diaryl/α,β-unsaturated/α-hetero) is 1. The van der Waals surface area contributed by atoms with Gasteiger partial charge >= 0.3 is 0 Å². The molecule has 0 spiro atoms. The van der Waals surface area contributed by atoms with E-state index < -0.39 is 0 Å². The van der Waals surface area contributed by atoms with Crippen molar-refractivity contribution in [2.75, 3.05) is 37.7 Å². The summed E-state index contributed by atoms with van der Waals surface area (Å²) in [5.41, 5.74) is 2.78. The Morgan fingerprint density at radius 3 is 2.55 bits per heavy atom. The molecule has 0 atom stereocenters. The molecule has 0 fully saturated rings. The van der Waals surface area contributed by atoms with Crippen LogP contribution in [0.1, 0.15) is 49.0 Å². The Balaban J connectivity index is 1.31. The van der Waals surface area contributed by atoms with Crippen molar-refractivity contribution in [3.05, 3.63) is 53.6 Å². The summed E-state index contributed by atoms with van der Waals surface area (Å²) in [5.74, 6) is 1.75. The molecule has 0 saturated carbocycles. The van der Waals surface area contributed by atoms with Gasteiger partial charge in [-0.05, 0) is 68.6 Å². The molecule has 6 nitrogen and oxygen atoms in total. The number of carbonyl (C=O) groups is 2. The van der Waals surface area contributed by atoms with E-state index in [9.17, 15) is 9.59 Å². The number of unbranched alkanes of at least 4 members (excludes halogenated alkanes) is 1. The van der Waals surface area contributed by atoms with Gasteiger partial charge in [-0.1, -0.05) is 12.1 Å². The third kappa shape index (κ3) is 6.31. The molecule has 0 unspecified atom stereocenters. The Hall–Kier alpha value is -2.86. The summed E-state index contributed by atoms with van der Waals surface area (Å²) in [6.07, 6.45) is 3.13. The van der Waals surface area contributed by atoms with Crippen LogP contribution in [0.25, 0.3) is 0 Å². The van der Waals surface area contributed by atoms with Gasteiger partial charge in [-0.25, -0.2) is 0 Å². The molecule has 0 aromatic heterocycles. The van der Waals surface area contributed by atoms with Crippen molar-refractivity contribution in [3.8, 4) is 11.5 Å². The molecular weight excluding hydrogens is 392 g/mol. The molecule has 31 heavy (non-hydrogen) atoms. The highest BCUT2D eigenvalue weighted by Gasteiger charge is 2.22. The van der Waals surface area contributed by atoms with Crippen molar-refractivity contribution >= 4 is 17.4 Å². The second kappa shape index (κ2) is 11.5. The quantitative estimate of drug-likeness (QED) is 0.412. The molecular formula is C25H32N2O4. The predicted octanol–water partition coefficient (Wildman–Crippen LogP) is 4.02. The first-order valence-corrected chi connectivity index (χ1v) is 11.1. The SMILES string of the molecule is CCOc1ccccc1OCCNCCCCC(=O)c1ccc2c(c1)CCN2C(C)=O. The van der Waals surface area contributed by atoms with Gasteiger partial charge in [-0.2, -0.15) is 0 Å². The smallest absolute Gasteiger partial charge is 0.223 e. The summed E-state index contributed by atoms with van der Waals surface area (Å²) in [4.78, 5) is 25.9. The second-order valence-electron chi connectivity index (χ2n) is 7.62. The fourth-order valence-electron chi connectivity index (χ4n) is 3.78. The number of carbonyl (C=O) groups excluding carboxylic acids is 2. The zero-order chi connectivity index (χ0) is 22.1. The van der Waals surface area contributed by atoms with Crippen LogP contribution in [0.2, 0.25) is 0 Å². The van der Waals surface area contributed by atoms with Crippen molar-refractivity contribution < 1.29 is 19.1 Å². The molecule has 1 N–H and O–H groups in total. The lowest BCUT2D eigenvalue weighted by Crippen LogP contribution is -2.25. The lowest BCUT2D eigenvalue weighted by molar-refractivity contribution is -0.116. The Morgan fingerprint density at radius 2 is 1.81 bits per heavy atom. The Bertz CT molecular complexity index is 897. The third-order valence-electron chi connectivity index (χ3n) is 5.37. The van der Waals surface area contributed by atoms with Gasteiger partial charge in [0.15, 0.2) is 17.3 Å². The van der Waals surface area contributed by atoms with Crippen LogP contribution in [0.4, 0.5) is 5.69 Å². The maximum atomic E-state index is 12.5. The predicted molar refractivity (Wildman–Crippen MR) is 122 cm³/mol. The Kier molecular flexibility index (Phi) is 8.47. The van der Waals surface area contributed by atoms with Crippen LogP contribution in [0.15, 0.2) is 42.5 Å². The molecule has 1 aliphatic heterocycles. The van der Waals surface area contributed by atoms with Gasteiger partial charge in [0.25, 0.3) is 0 Å². The van der Waals surface area contributed by atoms with Crippen LogP contribution >= 0.6 is 0 Å². The number of benzene rings is 2. The van der Waals surface area contributed by atoms with Gasteiger partial charge in [0.05, 0.1) is 6.61 Å². The van der Waals surface area contributed by atoms with Gasteiger partial charge < -0.3 is 19.7 Å². The standard InChI is InChI=1S/C25H32N2O4/c1-3-30-24-9-4-5-10-25(24)31-17-15-26-14-7-6-8-23(29)21-11-12-22-20(18-21)13-16-27(22)19(2)28/h4-5,9-12,18,26H,3,6-8,13-17H2,1-2H3. The Morgan fingerprint density at radius 1 is 1.03 bits per heavy atom. The van der Waals surface area contributed by atoms with Gasteiger partial charge in [0.1, 0.15) is 6.61 Å². The van der Waals surface area contributed by atoms with Crippen LogP contribution in [0, 0.1) is 0 Å². The topological polar surface area (TPSA) is 67.9 Å².